The molecule has 1 atom stereocenters. The highest BCUT2D eigenvalue weighted by molar-refractivity contribution is 7.13. The van der Waals surface area contributed by atoms with Crippen LogP contribution < -0.4 is 5.32 Å². The molecular formula is C19H21Cl3N4S. The van der Waals surface area contributed by atoms with Crippen LogP contribution in [-0.2, 0) is 6.54 Å². The highest BCUT2D eigenvalue weighted by atomic mass is 35.5. The third kappa shape index (κ3) is 5.41. The second kappa shape index (κ2) is 10.4. The molecule has 1 N–H and O–H groups in total. The molecule has 0 spiro atoms. The van der Waals surface area contributed by atoms with Crippen molar-refractivity contribution in [3.05, 3.63) is 70.5 Å². The summed E-state index contributed by atoms with van der Waals surface area (Å²) < 4.78 is 0. The Hall–Kier alpha value is -1.21. The molecule has 144 valence electrons. The molecule has 0 aliphatic carbocycles. The quantitative estimate of drug-likeness (QED) is 0.626. The van der Waals surface area contributed by atoms with Crippen LogP contribution >= 0.6 is 47.8 Å². The van der Waals surface area contributed by atoms with Gasteiger partial charge in [-0.2, -0.15) is 0 Å². The summed E-state index contributed by atoms with van der Waals surface area (Å²) in [5.74, 6) is 0. The standard InChI is InChI=1S/C19H19ClN4S.2ClH/c20-16-5-3-14(4-6-16)19-23-17(13-25-19)12-24-9-8-22-11-18(24)15-2-1-7-21-10-15;;/h1-7,10,13,18,22H,8-9,11-12H2;2*1H. The zero-order chi connectivity index (χ0) is 17.1. The molecule has 4 rings (SSSR count). The predicted molar refractivity (Wildman–Crippen MR) is 117 cm³/mol. The summed E-state index contributed by atoms with van der Waals surface area (Å²) in [6.45, 7) is 3.81. The van der Waals surface area contributed by atoms with Gasteiger partial charge in [0, 0.05) is 60.6 Å². The third-order valence-corrected chi connectivity index (χ3v) is 5.62. The van der Waals surface area contributed by atoms with Gasteiger partial charge in [-0.25, -0.2) is 4.98 Å². The van der Waals surface area contributed by atoms with Crippen LogP contribution in [0.25, 0.3) is 10.6 Å². The maximum absolute atomic E-state index is 5.97. The van der Waals surface area contributed by atoms with Gasteiger partial charge in [-0.05, 0) is 23.8 Å². The molecule has 0 amide bonds. The van der Waals surface area contributed by atoms with Gasteiger partial charge < -0.3 is 5.32 Å². The third-order valence-electron chi connectivity index (χ3n) is 4.43. The Morgan fingerprint density at radius 3 is 2.74 bits per heavy atom. The molecule has 0 radical (unpaired) electrons. The number of benzene rings is 1. The molecule has 1 unspecified atom stereocenters. The summed E-state index contributed by atoms with van der Waals surface area (Å²) in [6.07, 6.45) is 3.79. The zero-order valence-electron chi connectivity index (χ0n) is 14.5. The van der Waals surface area contributed by atoms with E-state index in [9.17, 15) is 0 Å². The Morgan fingerprint density at radius 1 is 1.19 bits per heavy atom. The van der Waals surface area contributed by atoms with Crippen molar-refractivity contribution in [1.29, 1.82) is 0 Å². The van der Waals surface area contributed by atoms with E-state index in [4.69, 9.17) is 16.6 Å². The van der Waals surface area contributed by atoms with Crippen LogP contribution in [0, 0.1) is 0 Å². The minimum atomic E-state index is 0. The van der Waals surface area contributed by atoms with Gasteiger partial charge in [0.05, 0.1) is 5.69 Å². The van der Waals surface area contributed by atoms with Crippen molar-refractivity contribution < 1.29 is 0 Å². The average Bonchev–Trinajstić information content (AvgIpc) is 3.12. The number of halogens is 3. The molecular weight excluding hydrogens is 423 g/mol. The van der Waals surface area contributed by atoms with Crippen molar-refractivity contribution in [2.75, 3.05) is 19.6 Å². The molecule has 3 heterocycles. The highest BCUT2D eigenvalue weighted by Gasteiger charge is 2.24. The molecule has 1 fully saturated rings. The largest absolute Gasteiger partial charge is 0.314 e. The predicted octanol–water partition coefficient (Wildman–Crippen LogP) is 4.85. The molecule has 27 heavy (non-hydrogen) atoms. The van der Waals surface area contributed by atoms with E-state index < -0.39 is 0 Å². The maximum Gasteiger partial charge on any atom is 0.123 e. The number of nitrogens with one attached hydrogen (secondary N) is 1. The lowest BCUT2D eigenvalue weighted by molar-refractivity contribution is 0.152. The molecule has 1 saturated heterocycles. The van der Waals surface area contributed by atoms with Crippen molar-refractivity contribution in [3.63, 3.8) is 0 Å². The van der Waals surface area contributed by atoms with Crippen LogP contribution in [0.3, 0.4) is 0 Å². The first-order valence-corrected chi connectivity index (χ1v) is 9.60. The van der Waals surface area contributed by atoms with Gasteiger partial charge in [-0.1, -0.05) is 29.8 Å². The summed E-state index contributed by atoms with van der Waals surface area (Å²) in [5, 5.41) is 7.44. The second-order valence-electron chi connectivity index (χ2n) is 6.13. The topological polar surface area (TPSA) is 41.1 Å². The Bertz CT molecular complexity index is 826. The van der Waals surface area contributed by atoms with E-state index in [-0.39, 0.29) is 24.8 Å². The molecule has 4 nitrogen and oxygen atoms in total. The van der Waals surface area contributed by atoms with Crippen LogP contribution in [0.2, 0.25) is 5.02 Å². The van der Waals surface area contributed by atoms with Crippen molar-refractivity contribution in [1.82, 2.24) is 20.2 Å². The minimum absolute atomic E-state index is 0. The average molecular weight is 444 g/mol. The van der Waals surface area contributed by atoms with Gasteiger partial charge in [0.15, 0.2) is 0 Å². The van der Waals surface area contributed by atoms with Gasteiger partial charge in [-0.3, -0.25) is 9.88 Å². The molecule has 0 saturated carbocycles. The number of rotatable bonds is 4. The van der Waals surface area contributed by atoms with Crippen LogP contribution in [0.1, 0.15) is 17.3 Å². The fraction of sp³-hybridized carbons (Fsp3) is 0.263. The van der Waals surface area contributed by atoms with Crippen molar-refractivity contribution in [2.45, 2.75) is 12.6 Å². The Morgan fingerprint density at radius 2 is 2.00 bits per heavy atom. The summed E-state index contributed by atoms with van der Waals surface area (Å²) >= 11 is 7.66. The summed E-state index contributed by atoms with van der Waals surface area (Å²) in [6, 6.07) is 12.4. The van der Waals surface area contributed by atoms with Crippen LogP contribution in [0.15, 0.2) is 54.2 Å². The Kier molecular flexibility index (Phi) is 8.48. The van der Waals surface area contributed by atoms with E-state index in [1.54, 1.807) is 11.3 Å². The van der Waals surface area contributed by atoms with Crippen molar-refractivity contribution in [3.8, 4) is 10.6 Å². The summed E-state index contributed by atoms with van der Waals surface area (Å²) in [5.41, 5.74) is 3.48. The maximum atomic E-state index is 5.97. The van der Waals surface area contributed by atoms with Crippen LogP contribution in [-0.4, -0.2) is 34.5 Å². The molecule has 1 aliphatic rings. The number of piperazine rings is 1. The first-order valence-electron chi connectivity index (χ1n) is 8.34. The Labute approximate surface area is 180 Å². The minimum Gasteiger partial charge on any atom is -0.314 e. The van der Waals surface area contributed by atoms with Crippen LogP contribution in [0.4, 0.5) is 0 Å². The first-order chi connectivity index (χ1) is 12.3. The smallest absolute Gasteiger partial charge is 0.123 e. The summed E-state index contributed by atoms with van der Waals surface area (Å²) in [7, 11) is 0. The number of aromatic nitrogens is 2. The SMILES string of the molecule is Cl.Cl.Clc1ccc(-c2nc(CN3CCNCC3c3cccnc3)cs2)cc1. The van der Waals surface area contributed by atoms with E-state index in [2.05, 4.69) is 26.6 Å². The molecule has 1 aliphatic heterocycles. The molecule has 8 heteroatoms. The lowest BCUT2D eigenvalue weighted by Gasteiger charge is -2.35. The molecule has 2 aromatic heterocycles. The van der Waals surface area contributed by atoms with E-state index in [0.717, 1.165) is 47.5 Å². The van der Waals surface area contributed by atoms with Gasteiger partial charge in [-0.15, -0.1) is 36.2 Å². The molecule has 3 aromatic rings. The molecule has 0 bridgehead atoms. The van der Waals surface area contributed by atoms with Crippen LogP contribution in [0.5, 0.6) is 0 Å². The fourth-order valence-electron chi connectivity index (χ4n) is 3.15. The number of nitrogens with zero attached hydrogens (tertiary/aromatic N) is 3. The Balaban J connectivity index is 0.00000131. The fourth-order valence-corrected chi connectivity index (χ4v) is 4.09. The number of hydrogen-bond donors (Lipinski definition) is 1. The molecule has 1 aromatic carbocycles. The summed E-state index contributed by atoms with van der Waals surface area (Å²) in [4.78, 5) is 11.6. The normalized spacial score (nSPS) is 17.0. The van der Waals surface area contributed by atoms with E-state index in [0.29, 0.717) is 6.04 Å². The number of hydrogen-bond acceptors (Lipinski definition) is 5. The number of pyridine rings is 1. The van der Waals surface area contributed by atoms with E-state index in [1.807, 2.05) is 42.7 Å². The highest BCUT2D eigenvalue weighted by Crippen LogP contribution is 2.28. The van der Waals surface area contributed by atoms with Gasteiger partial charge in [0.25, 0.3) is 0 Å². The second-order valence-corrected chi connectivity index (χ2v) is 7.42. The first kappa shape index (κ1) is 22.1. The van der Waals surface area contributed by atoms with Crippen molar-refractivity contribution in [2.24, 2.45) is 0 Å². The number of thiazole rings is 1. The van der Waals surface area contributed by atoms with E-state index >= 15 is 0 Å². The monoisotopic (exact) mass is 442 g/mol. The zero-order valence-corrected chi connectivity index (χ0v) is 17.8. The lowest BCUT2D eigenvalue weighted by Crippen LogP contribution is -2.45. The van der Waals surface area contributed by atoms with Gasteiger partial charge >= 0.3 is 0 Å². The van der Waals surface area contributed by atoms with E-state index in [1.165, 1.54) is 5.56 Å². The van der Waals surface area contributed by atoms with Gasteiger partial charge in [0.1, 0.15) is 5.01 Å². The van der Waals surface area contributed by atoms with Crippen molar-refractivity contribution >= 4 is 47.8 Å². The lowest BCUT2D eigenvalue weighted by atomic mass is 10.1. The van der Waals surface area contributed by atoms with Gasteiger partial charge in [0.2, 0.25) is 0 Å².